The van der Waals surface area contributed by atoms with Crippen molar-refractivity contribution < 1.29 is 227 Å². The van der Waals surface area contributed by atoms with Crippen molar-refractivity contribution in [2.24, 2.45) is 0 Å². The van der Waals surface area contributed by atoms with Crippen LogP contribution in [0.5, 0.6) is 0 Å². The van der Waals surface area contributed by atoms with E-state index in [1.54, 1.807) is 0 Å². The summed E-state index contributed by atoms with van der Waals surface area (Å²) < 4.78 is 0. The van der Waals surface area contributed by atoms with Crippen LogP contribution in [0.1, 0.15) is 12.8 Å². The fourth-order valence-corrected chi connectivity index (χ4v) is 0.714. The van der Waals surface area contributed by atoms with E-state index in [4.69, 9.17) is 50.4 Å². The third-order valence-corrected chi connectivity index (χ3v) is 1.29. The van der Waals surface area contributed by atoms with Crippen molar-refractivity contribution >= 4 is 30.2 Å². The van der Waals surface area contributed by atoms with Gasteiger partial charge in [0.25, 0.3) is 0 Å². The first-order chi connectivity index (χ1) is 9.24. The maximum atomic E-state index is 10.3. The van der Waals surface area contributed by atoms with Gasteiger partial charge in [-0.2, -0.15) is 0 Å². The van der Waals surface area contributed by atoms with E-state index in [0.717, 1.165) is 0 Å². The number of hydrogen-bond donors (Lipinski definition) is 4. The molecule has 122 valence electrons. The first-order valence-electron chi connectivity index (χ1n) is 4.40. The van der Waals surface area contributed by atoms with Crippen LogP contribution < -0.4 is 182 Å². The molecule has 17 heteroatoms. The van der Waals surface area contributed by atoms with Crippen LogP contribution in [0.2, 0.25) is 0 Å². The molecule has 0 heterocycles. The molecule has 0 bridgehead atoms. The van der Waals surface area contributed by atoms with Crippen LogP contribution in [0.4, 0.5) is 9.59 Å². The van der Waals surface area contributed by atoms with E-state index < -0.39 is 48.7 Å². The number of carboxylic acid groups (broad SMARTS) is 7. The summed E-state index contributed by atoms with van der Waals surface area (Å²) in [5, 5.41) is 67.1. The summed E-state index contributed by atoms with van der Waals surface area (Å²) in [5.74, 6) is -5.02. The van der Waals surface area contributed by atoms with Crippen molar-refractivity contribution in [1.29, 1.82) is 0 Å². The van der Waals surface area contributed by atoms with E-state index in [1.165, 1.54) is 0 Å². The molecule has 0 aromatic rings. The Bertz CT molecular complexity index is 381. The molecule has 0 fully saturated rings. The van der Waals surface area contributed by atoms with E-state index >= 15 is 0 Å². The Kier molecular flexibility index (Phi) is 47.9. The van der Waals surface area contributed by atoms with Crippen LogP contribution in [0, 0.1) is 0 Å². The van der Waals surface area contributed by atoms with Crippen LogP contribution in [0.3, 0.4) is 0 Å². The van der Waals surface area contributed by atoms with Crippen LogP contribution in [-0.2, 0) is 14.4 Å². The number of hydrogen-bond acceptors (Lipinski definition) is 10. The molecule has 0 radical (unpaired) electrons. The molecule has 0 atom stereocenters. The quantitative estimate of drug-likeness (QED) is 0.292. The number of carboxylic acids is 3. The first-order valence-corrected chi connectivity index (χ1v) is 4.40. The largest absolute Gasteiger partial charge is 1.00 e. The second-order valence-corrected chi connectivity index (χ2v) is 2.98. The minimum absolute atomic E-state index is 0. The van der Waals surface area contributed by atoms with Crippen molar-refractivity contribution in [3.8, 4) is 0 Å². The molecular weight excluding hydrogens is 428 g/mol. The third-order valence-electron chi connectivity index (χ3n) is 1.29. The Morgan fingerprint density at radius 2 is 0.840 bits per heavy atom. The van der Waals surface area contributed by atoms with Gasteiger partial charge in [-0.3, -0.25) is 9.59 Å². The molecular formula is C8H8K2Na2O13. The average molecular weight is 436 g/mol. The minimum Gasteiger partial charge on any atom is -0.652 e. The molecule has 0 aliphatic rings. The number of carbonyl (C=O) groups is 5. The van der Waals surface area contributed by atoms with Gasteiger partial charge in [0.15, 0.2) is 5.60 Å². The molecule has 25 heavy (non-hydrogen) atoms. The maximum Gasteiger partial charge on any atom is 1.00 e. The van der Waals surface area contributed by atoms with E-state index in [2.05, 4.69) is 0 Å². The molecule has 0 saturated heterocycles. The van der Waals surface area contributed by atoms with Crippen molar-refractivity contribution in [3.05, 3.63) is 0 Å². The van der Waals surface area contributed by atoms with Crippen molar-refractivity contribution in [3.63, 3.8) is 0 Å². The molecule has 13 nitrogen and oxygen atoms in total. The van der Waals surface area contributed by atoms with Gasteiger partial charge in [0.05, 0.1) is 12.8 Å². The second-order valence-electron chi connectivity index (χ2n) is 2.98. The summed E-state index contributed by atoms with van der Waals surface area (Å²) >= 11 is 0. The Morgan fingerprint density at radius 1 is 0.680 bits per heavy atom. The third kappa shape index (κ3) is 46.3. The smallest absolute Gasteiger partial charge is 0.652 e. The Labute approximate surface area is 269 Å². The van der Waals surface area contributed by atoms with E-state index in [0.29, 0.717) is 0 Å². The molecule has 0 aliphatic carbocycles. The van der Waals surface area contributed by atoms with Gasteiger partial charge in [0.2, 0.25) is 0 Å². The van der Waals surface area contributed by atoms with Gasteiger partial charge in [-0.15, -0.1) is 0 Å². The summed E-state index contributed by atoms with van der Waals surface area (Å²) in [4.78, 5) is 47.2. The normalized spacial score (nSPS) is 7.56. The number of aliphatic carboxylic acids is 3. The fraction of sp³-hybridized carbons (Fsp3) is 0.375. The van der Waals surface area contributed by atoms with Gasteiger partial charge in [0, 0.05) is 0 Å². The molecule has 0 rings (SSSR count). The SMILES string of the molecule is O=C(O)CC(O)(CC(=O)O)C(=O)O.O=C([O-])[O-].O=C([O-])[O-].[K+].[K+].[Na+].[Na+]. The summed E-state index contributed by atoms with van der Waals surface area (Å²) in [6, 6.07) is 0. The van der Waals surface area contributed by atoms with E-state index in [-0.39, 0.29) is 162 Å². The molecule has 0 aromatic carbocycles. The van der Waals surface area contributed by atoms with Gasteiger partial charge in [-0.25, -0.2) is 4.79 Å². The Morgan fingerprint density at radius 3 is 0.920 bits per heavy atom. The molecule has 0 saturated carbocycles. The van der Waals surface area contributed by atoms with Crippen molar-refractivity contribution in [1.82, 2.24) is 0 Å². The van der Waals surface area contributed by atoms with Gasteiger partial charge in [-0.05, 0) is 12.3 Å². The molecule has 0 amide bonds. The summed E-state index contributed by atoms with van der Waals surface area (Å²) in [6.07, 6.45) is -6.96. The summed E-state index contributed by atoms with van der Waals surface area (Å²) in [6.45, 7) is 0. The van der Waals surface area contributed by atoms with Gasteiger partial charge >= 0.3 is 180 Å². The second kappa shape index (κ2) is 26.2. The molecule has 0 aliphatic heterocycles. The van der Waals surface area contributed by atoms with Gasteiger partial charge < -0.3 is 50.4 Å². The van der Waals surface area contributed by atoms with Crippen molar-refractivity contribution in [2.75, 3.05) is 0 Å². The monoisotopic (exact) mass is 436 g/mol. The first kappa shape index (κ1) is 45.7. The predicted octanol–water partition coefficient (Wildman–Crippen LogP) is -18.1. The van der Waals surface area contributed by atoms with E-state index in [9.17, 15) is 14.4 Å². The number of aliphatic hydroxyl groups is 1. The zero-order valence-corrected chi connectivity index (χ0v) is 24.1. The van der Waals surface area contributed by atoms with Crippen LogP contribution in [-0.4, -0.2) is 56.2 Å². The molecule has 0 unspecified atom stereocenters. The predicted molar refractivity (Wildman–Crippen MR) is 47.9 cm³/mol. The van der Waals surface area contributed by atoms with Crippen LogP contribution in [0.15, 0.2) is 0 Å². The van der Waals surface area contributed by atoms with Crippen LogP contribution >= 0.6 is 0 Å². The average Bonchev–Trinajstić information content (AvgIpc) is 2.11. The van der Waals surface area contributed by atoms with Crippen molar-refractivity contribution in [2.45, 2.75) is 18.4 Å². The zero-order chi connectivity index (χ0) is 17.8. The molecule has 0 aromatic heterocycles. The van der Waals surface area contributed by atoms with Gasteiger partial charge in [0.1, 0.15) is 0 Å². The number of carbonyl (C=O) groups excluding carboxylic acids is 2. The van der Waals surface area contributed by atoms with Crippen LogP contribution in [0.25, 0.3) is 0 Å². The standard InChI is InChI=1S/C6H8O7.2CH2O3.2K.2Na/c7-3(8)1-6(13,5(11)12)2-4(9)10;2*2-1(3)4;;;;/h13H,1-2H2,(H,7,8)(H,9,10)(H,11,12);2*(H2,2,3,4);;;;/q;;;4*+1/p-4. The summed E-state index contributed by atoms with van der Waals surface area (Å²) in [7, 11) is 0. The Balaban J connectivity index is -0.0000000463. The maximum absolute atomic E-state index is 10.3. The van der Waals surface area contributed by atoms with Gasteiger partial charge in [-0.1, -0.05) is 0 Å². The number of rotatable bonds is 5. The minimum atomic E-state index is -2.74. The van der Waals surface area contributed by atoms with E-state index in [1.807, 2.05) is 0 Å². The fourth-order valence-electron chi connectivity index (χ4n) is 0.714. The molecule has 4 N–H and O–H groups in total. The molecule has 0 spiro atoms. The summed E-state index contributed by atoms with van der Waals surface area (Å²) in [5.41, 5.74) is -2.74. The zero-order valence-electron chi connectivity index (χ0n) is 13.9. The topological polar surface area (TPSA) is 259 Å². The Hall–Kier alpha value is 2.18.